The highest BCUT2D eigenvalue weighted by Gasteiger charge is 2.59. The molecule has 6 fully saturated rings. The lowest BCUT2D eigenvalue weighted by Crippen LogP contribution is -2.38. The zero-order chi connectivity index (χ0) is 35.0. The molecule has 0 aromatic heterocycles. The maximum atomic E-state index is 4.35. The predicted molar refractivity (Wildman–Crippen MR) is 210 cm³/mol. The Labute approximate surface area is 301 Å². The van der Waals surface area contributed by atoms with Gasteiger partial charge in [0, 0.05) is 0 Å². The predicted octanol–water partition coefficient (Wildman–Crippen LogP) is 14.5. The maximum Gasteiger partial charge on any atom is -0.0323 e. The van der Waals surface area contributed by atoms with Crippen molar-refractivity contribution in [1.82, 2.24) is 0 Å². The van der Waals surface area contributed by atoms with Crippen LogP contribution in [0.5, 0.6) is 0 Å². The van der Waals surface area contributed by atoms with Crippen LogP contribution in [0.25, 0.3) is 0 Å². The third kappa shape index (κ3) is 7.33. The fourth-order valence-electron chi connectivity index (χ4n) is 14.9. The third-order valence-electron chi connectivity index (χ3n) is 17.8. The van der Waals surface area contributed by atoms with E-state index in [2.05, 4.69) is 95.7 Å². The van der Waals surface area contributed by atoms with E-state index in [1.54, 1.807) is 32.1 Å². The van der Waals surface area contributed by atoms with E-state index in [0.717, 1.165) is 88.8 Å². The summed E-state index contributed by atoms with van der Waals surface area (Å²) in [7, 11) is 0. The Hall–Kier alpha value is -0.260. The molecular formula is C48H84. The van der Waals surface area contributed by atoms with Crippen molar-refractivity contribution in [3.8, 4) is 0 Å². The number of allylic oxidation sites excluding steroid dienone is 1. The second-order valence-corrected chi connectivity index (χ2v) is 23.9. The molecule has 48 heavy (non-hydrogen) atoms. The van der Waals surface area contributed by atoms with Crippen molar-refractivity contribution in [3.05, 3.63) is 12.7 Å². The molecule has 0 bridgehead atoms. The van der Waals surface area contributed by atoms with Gasteiger partial charge in [0.1, 0.15) is 0 Å². The standard InChI is InChI=1S/C48H84/c1-14-15-16-30(44-42-28-33(47(8,9)10)19-23-37(42)38-24-20-34(29-43(38)44)48(11,12)13)25-39-40-26-31(45(2,3)4)17-21-35(40)36-22-18-32(27-41(36)39)46(5,6)7/h14,30-44H,1,15-29H2,2-13H3. The molecule has 0 saturated heterocycles. The summed E-state index contributed by atoms with van der Waals surface area (Å²) in [6, 6.07) is 0. The van der Waals surface area contributed by atoms with Gasteiger partial charge in [0.05, 0.1) is 0 Å². The summed E-state index contributed by atoms with van der Waals surface area (Å²) in [4.78, 5) is 0. The first-order chi connectivity index (χ1) is 22.3. The van der Waals surface area contributed by atoms with Gasteiger partial charge in [-0.15, -0.1) is 6.58 Å². The molecule has 13 atom stereocenters. The number of hydrogen-bond acceptors (Lipinski definition) is 0. The van der Waals surface area contributed by atoms with E-state index in [1.807, 2.05) is 0 Å². The second-order valence-electron chi connectivity index (χ2n) is 23.9. The van der Waals surface area contributed by atoms with Crippen LogP contribution in [0.1, 0.15) is 179 Å². The lowest BCUT2D eigenvalue weighted by Gasteiger charge is -2.46. The molecular weight excluding hydrogens is 577 g/mol. The van der Waals surface area contributed by atoms with Crippen molar-refractivity contribution in [2.45, 2.75) is 179 Å². The van der Waals surface area contributed by atoms with Crippen LogP contribution in [0, 0.1) is 110 Å². The molecule has 0 heteroatoms. The molecule has 6 aliphatic carbocycles. The highest BCUT2D eigenvalue weighted by molar-refractivity contribution is 5.09. The number of hydrogen-bond donors (Lipinski definition) is 0. The van der Waals surface area contributed by atoms with Gasteiger partial charge in [0.2, 0.25) is 0 Å². The molecule has 0 nitrogen and oxygen atoms in total. The van der Waals surface area contributed by atoms with Gasteiger partial charge in [-0.25, -0.2) is 0 Å². The van der Waals surface area contributed by atoms with Crippen molar-refractivity contribution in [2.75, 3.05) is 0 Å². The first-order valence-electron chi connectivity index (χ1n) is 21.9. The second kappa shape index (κ2) is 13.6. The first kappa shape index (κ1) is 37.5. The summed E-state index contributed by atoms with van der Waals surface area (Å²) < 4.78 is 0. The van der Waals surface area contributed by atoms with Gasteiger partial charge in [-0.1, -0.05) is 89.2 Å². The van der Waals surface area contributed by atoms with Crippen LogP contribution in [0.4, 0.5) is 0 Å². The van der Waals surface area contributed by atoms with E-state index in [4.69, 9.17) is 0 Å². The van der Waals surface area contributed by atoms with E-state index in [0.29, 0.717) is 21.7 Å². The molecule has 13 unspecified atom stereocenters. The molecule has 0 heterocycles. The van der Waals surface area contributed by atoms with Gasteiger partial charge in [0.15, 0.2) is 0 Å². The molecule has 6 aliphatic rings. The lowest BCUT2D eigenvalue weighted by molar-refractivity contribution is 0.0350. The van der Waals surface area contributed by atoms with Gasteiger partial charge in [-0.2, -0.15) is 0 Å². The van der Waals surface area contributed by atoms with Gasteiger partial charge < -0.3 is 0 Å². The molecule has 0 aromatic carbocycles. The minimum atomic E-state index is 0.452. The summed E-state index contributed by atoms with van der Waals surface area (Å²) in [6.45, 7) is 35.2. The zero-order valence-electron chi connectivity index (χ0n) is 34.6. The van der Waals surface area contributed by atoms with Gasteiger partial charge in [0.25, 0.3) is 0 Å². The minimum absolute atomic E-state index is 0.452. The van der Waals surface area contributed by atoms with Crippen LogP contribution in [0.3, 0.4) is 0 Å². The summed E-state index contributed by atoms with van der Waals surface area (Å²) in [6.07, 6.45) is 24.9. The van der Waals surface area contributed by atoms with Crippen LogP contribution in [-0.4, -0.2) is 0 Å². The van der Waals surface area contributed by atoms with Crippen LogP contribution in [0.2, 0.25) is 0 Å². The van der Waals surface area contributed by atoms with E-state index >= 15 is 0 Å². The van der Waals surface area contributed by atoms with Crippen LogP contribution < -0.4 is 0 Å². The fraction of sp³-hybridized carbons (Fsp3) is 0.958. The molecule has 6 saturated carbocycles. The average Bonchev–Trinajstić information content (AvgIpc) is 3.48. The molecule has 0 spiro atoms. The van der Waals surface area contributed by atoms with Crippen LogP contribution in [0.15, 0.2) is 12.7 Å². The monoisotopic (exact) mass is 661 g/mol. The smallest absolute Gasteiger partial charge is 0.0323 e. The molecule has 0 radical (unpaired) electrons. The van der Waals surface area contributed by atoms with Crippen LogP contribution in [-0.2, 0) is 0 Å². The zero-order valence-corrected chi connectivity index (χ0v) is 34.6. The summed E-state index contributed by atoms with van der Waals surface area (Å²) in [5.41, 5.74) is 1.82. The fourth-order valence-corrected chi connectivity index (χ4v) is 14.9. The number of fused-ring (bicyclic) bond motifs is 6. The quantitative estimate of drug-likeness (QED) is 0.249. The topological polar surface area (TPSA) is 0 Å². The Kier molecular flexibility index (Phi) is 10.6. The largest absolute Gasteiger partial charge is 0.103 e. The van der Waals surface area contributed by atoms with Crippen LogP contribution >= 0.6 is 0 Å². The van der Waals surface area contributed by atoms with Crippen molar-refractivity contribution in [1.29, 1.82) is 0 Å². The SMILES string of the molecule is C=CCCC(CC1C2CC(C(C)(C)C)CCC2C2CCC(C(C)(C)C)CC21)C1C2CC(C(C)(C)C)CCC2C2CCC(C(C)(C)C)CC21. The van der Waals surface area contributed by atoms with E-state index in [1.165, 1.54) is 64.2 Å². The molecule has 6 rings (SSSR count). The Bertz CT molecular complexity index is 1010. The van der Waals surface area contributed by atoms with Gasteiger partial charge in [-0.3, -0.25) is 0 Å². The first-order valence-corrected chi connectivity index (χ1v) is 21.9. The Morgan fingerprint density at radius 2 is 0.771 bits per heavy atom. The van der Waals surface area contributed by atoms with E-state index in [-0.39, 0.29) is 0 Å². The van der Waals surface area contributed by atoms with Crippen molar-refractivity contribution in [3.63, 3.8) is 0 Å². The summed E-state index contributed by atoms with van der Waals surface area (Å²) in [5, 5.41) is 0. The Morgan fingerprint density at radius 1 is 0.458 bits per heavy atom. The van der Waals surface area contributed by atoms with Gasteiger partial charge >= 0.3 is 0 Å². The lowest BCUT2D eigenvalue weighted by atomic mass is 9.59. The summed E-state index contributed by atoms with van der Waals surface area (Å²) >= 11 is 0. The number of rotatable bonds is 6. The maximum absolute atomic E-state index is 4.35. The highest BCUT2D eigenvalue weighted by Crippen LogP contribution is 2.67. The van der Waals surface area contributed by atoms with E-state index < -0.39 is 0 Å². The molecule has 0 N–H and O–H groups in total. The summed E-state index contributed by atoms with van der Waals surface area (Å²) in [5.74, 6) is 14.6. The van der Waals surface area contributed by atoms with Crippen molar-refractivity contribution in [2.24, 2.45) is 110 Å². The molecule has 276 valence electrons. The van der Waals surface area contributed by atoms with Crippen molar-refractivity contribution < 1.29 is 0 Å². The Morgan fingerprint density at radius 3 is 1.08 bits per heavy atom. The van der Waals surface area contributed by atoms with Crippen molar-refractivity contribution >= 4 is 0 Å². The normalized spacial score (nSPS) is 44.3. The average molecular weight is 661 g/mol. The minimum Gasteiger partial charge on any atom is -0.103 e. The Balaban J connectivity index is 1.37. The molecule has 0 aromatic rings. The third-order valence-corrected chi connectivity index (χ3v) is 17.8. The highest BCUT2D eigenvalue weighted by atomic mass is 14.6. The molecule has 0 amide bonds. The molecule has 0 aliphatic heterocycles. The van der Waals surface area contributed by atoms with Gasteiger partial charge in [-0.05, 0) is 207 Å². The van der Waals surface area contributed by atoms with E-state index in [9.17, 15) is 0 Å².